The number of ether oxygens (including phenoxy) is 2. The summed E-state index contributed by atoms with van der Waals surface area (Å²) in [7, 11) is 0. The molecule has 0 spiro atoms. The van der Waals surface area contributed by atoms with E-state index in [-0.39, 0.29) is 25.0 Å². The number of amides is 1. The molecule has 5 aromatic carbocycles. The van der Waals surface area contributed by atoms with Gasteiger partial charge in [0.25, 0.3) is 0 Å². The molecule has 0 saturated heterocycles. The van der Waals surface area contributed by atoms with Gasteiger partial charge in [0.15, 0.2) is 5.82 Å². The molecule has 0 bridgehead atoms. The van der Waals surface area contributed by atoms with E-state index in [9.17, 15) is 14.7 Å². The van der Waals surface area contributed by atoms with Crippen LogP contribution in [0.4, 0.5) is 4.79 Å². The van der Waals surface area contributed by atoms with E-state index in [1.807, 2.05) is 54.6 Å². The van der Waals surface area contributed by atoms with Crippen molar-refractivity contribution in [2.24, 2.45) is 0 Å². The highest BCUT2D eigenvalue weighted by atomic mass is 16.5. The summed E-state index contributed by atoms with van der Waals surface area (Å²) in [4.78, 5) is 32.6. The van der Waals surface area contributed by atoms with Crippen LogP contribution in [-0.4, -0.2) is 47.9 Å². The second-order valence-electron chi connectivity index (χ2n) is 15.9. The van der Waals surface area contributed by atoms with E-state index in [1.54, 1.807) is 0 Å². The summed E-state index contributed by atoms with van der Waals surface area (Å²) in [5, 5.41) is 19.4. The third-order valence-corrected chi connectivity index (χ3v) is 10.9. The maximum absolute atomic E-state index is 13.5. The predicted octanol–water partition coefficient (Wildman–Crippen LogP) is 9.73. The molecule has 8 rings (SSSR count). The molecule has 0 aliphatic carbocycles. The molecule has 1 atom stereocenters. The second-order valence-corrected chi connectivity index (χ2v) is 15.9. The Morgan fingerprint density at radius 1 is 0.845 bits per heavy atom. The summed E-state index contributed by atoms with van der Waals surface area (Å²) in [5.74, 6) is 0.820. The van der Waals surface area contributed by atoms with Crippen molar-refractivity contribution in [3.8, 4) is 28.4 Å². The number of nitrogens with one attached hydrogen (secondary N) is 1. The minimum absolute atomic E-state index is 0.0287. The smallest absolute Gasteiger partial charge is 0.408 e. The van der Waals surface area contributed by atoms with Crippen molar-refractivity contribution in [1.29, 1.82) is 0 Å². The number of esters is 1. The molecule has 1 aliphatic rings. The van der Waals surface area contributed by atoms with Crippen LogP contribution in [0.3, 0.4) is 0 Å². The standard InChI is InChI=1S/C48H47N5O5/c1-5-34-24-37(57-29-31-13-8-6-9-14-31)20-22-38(34)35-19-21-39-40(25-35)50-51-44(39)45-49-41-26-42(46(54)58-30-32-15-10-7-11-16-32)53(47(55)56)28-43(41)52(45)27-33-17-12-18-36(23-33)48(2,3)4/h6-25,42H,5,26-30H2,1-4H3,(H,50,51)(H,55,56). The topological polar surface area (TPSA) is 123 Å². The molecule has 0 radical (unpaired) electrons. The van der Waals surface area contributed by atoms with Gasteiger partial charge in [0.1, 0.15) is 30.7 Å². The van der Waals surface area contributed by atoms with Crippen molar-refractivity contribution >= 4 is 23.0 Å². The first-order chi connectivity index (χ1) is 28.1. The lowest BCUT2D eigenvalue weighted by atomic mass is 9.86. The SMILES string of the molecule is CCc1cc(OCc2ccccc2)ccc1-c1ccc2c(-c3nc4c(n3Cc3cccc(C(C)(C)C)c3)CN(C(=O)O)C(C(=O)OCc3ccccc3)C4)n[nH]c2c1. The van der Waals surface area contributed by atoms with Gasteiger partial charge in [-0.2, -0.15) is 5.10 Å². The second kappa shape index (κ2) is 16.1. The van der Waals surface area contributed by atoms with Crippen molar-refractivity contribution in [1.82, 2.24) is 24.6 Å². The van der Waals surface area contributed by atoms with Gasteiger partial charge in [0.2, 0.25) is 0 Å². The number of nitrogens with zero attached hydrogens (tertiary/aromatic N) is 4. The normalized spacial score (nSPS) is 14.0. The molecular formula is C48H47N5O5. The minimum atomic E-state index is -1.20. The zero-order valence-corrected chi connectivity index (χ0v) is 33.2. The van der Waals surface area contributed by atoms with E-state index < -0.39 is 18.1 Å². The number of H-pyrrole nitrogens is 1. The van der Waals surface area contributed by atoms with Gasteiger partial charge in [0.05, 0.1) is 23.4 Å². The molecule has 10 nitrogen and oxygen atoms in total. The minimum Gasteiger partial charge on any atom is -0.489 e. The molecule has 294 valence electrons. The monoisotopic (exact) mass is 773 g/mol. The summed E-state index contributed by atoms with van der Waals surface area (Å²) < 4.78 is 13.9. The Bertz CT molecular complexity index is 2590. The van der Waals surface area contributed by atoms with Gasteiger partial charge in [-0.15, -0.1) is 0 Å². The molecule has 3 heterocycles. The Morgan fingerprint density at radius 2 is 1.57 bits per heavy atom. The van der Waals surface area contributed by atoms with Crippen molar-refractivity contribution in [2.45, 2.75) is 78.3 Å². The first-order valence-corrected chi connectivity index (χ1v) is 19.7. The first kappa shape index (κ1) is 38.2. The highest BCUT2D eigenvalue weighted by Crippen LogP contribution is 2.36. The number of carbonyl (C=O) groups is 2. The number of aryl methyl sites for hydroxylation is 1. The number of carbonyl (C=O) groups excluding carboxylic acids is 1. The van der Waals surface area contributed by atoms with Gasteiger partial charge in [0, 0.05) is 18.4 Å². The highest BCUT2D eigenvalue weighted by Gasteiger charge is 2.39. The lowest BCUT2D eigenvalue weighted by molar-refractivity contribution is -0.151. The summed E-state index contributed by atoms with van der Waals surface area (Å²) >= 11 is 0. The van der Waals surface area contributed by atoms with Gasteiger partial charge >= 0.3 is 12.1 Å². The molecule has 7 aromatic rings. The van der Waals surface area contributed by atoms with Crippen LogP contribution in [0.15, 0.2) is 121 Å². The number of fused-ring (bicyclic) bond motifs is 2. The Labute approximate surface area is 338 Å². The van der Waals surface area contributed by atoms with Crippen LogP contribution in [0.25, 0.3) is 33.5 Å². The Kier molecular flexibility index (Phi) is 10.6. The quantitative estimate of drug-likeness (QED) is 0.126. The summed E-state index contributed by atoms with van der Waals surface area (Å²) in [6.07, 6.45) is -0.289. The number of carboxylic acid groups (broad SMARTS) is 1. The van der Waals surface area contributed by atoms with E-state index in [0.717, 1.165) is 56.6 Å². The van der Waals surface area contributed by atoms with Crippen molar-refractivity contribution in [3.63, 3.8) is 0 Å². The molecule has 10 heteroatoms. The Balaban J connectivity index is 1.14. The number of hydrogen-bond donors (Lipinski definition) is 2. The van der Waals surface area contributed by atoms with E-state index in [1.165, 1.54) is 16.0 Å². The average molecular weight is 774 g/mol. The van der Waals surface area contributed by atoms with Crippen LogP contribution in [0.5, 0.6) is 5.75 Å². The molecule has 1 aliphatic heterocycles. The summed E-state index contributed by atoms with van der Waals surface area (Å²) in [5.41, 5.74) is 10.3. The number of imidazole rings is 1. The zero-order chi connectivity index (χ0) is 40.4. The molecule has 58 heavy (non-hydrogen) atoms. The van der Waals surface area contributed by atoms with Crippen LogP contribution >= 0.6 is 0 Å². The summed E-state index contributed by atoms with van der Waals surface area (Å²) in [6, 6.07) is 39.4. The van der Waals surface area contributed by atoms with Gasteiger partial charge in [-0.3, -0.25) is 10.00 Å². The molecule has 0 saturated carbocycles. The fourth-order valence-corrected chi connectivity index (χ4v) is 7.68. The lowest BCUT2D eigenvalue weighted by Gasteiger charge is -2.32. The predicted molar refractivity (Wildman–Crippen MR) is 224 cm³/mol. The zero-order valence-electron chi connectivity index (χ0n) is 33.2. The van der Waals surface area contributed by atoms with E-state index >= 15 is 0 Å². The van der Waals surface area contributed by atoms with Crippen LogP contribution in [0.1, 0.15) is 66.9 Å². The van der Waals surface area contributed by atoms with Crippen molar-refractivity contribution in [2.75, 3.05) is 0 Å². The fourth-order valence-electron chi connectivity index (χ4n) is 7.68. The van der Waals surface area contributed by atoms with E-state index in [0.29, 0.717) is 30.4 Å². The number of aromatic nitrogens is 4. The van der Waals surface area contributed by atoms with Gasteiger partial charge < -0.3 is 19.1 Å². The maximum atomic E-state index is 13.5. The lowest BCUT2D eigenvalue weighted by Crippen LogP contribution is -2.49. The number of hydrogen-bond acceptors (Lipinski definition) is 6. The Hall–Kier alpha value is -6.68. The van der Waals surface area contributed by atoms with Gasteiger partial charge in [-0.1, -0.05) is 125 Å². The molecule has 1 amide bonds. The molecule has 1 unspecified atom stereocenters. The van der Waals surface area contributed by atoms with Crippen LogP contribution in [0, 0.1) is 0 Å². The number of benzene rings is 5. The molecule has 2 N–H and O–H groups in total. The van der Waals surface area contributed by atoms with Gasteiger partial charge in [-0.25, -0.2) is 14.6 Å². The summed E-state index contributed by atoms with van der Waals surface area (Å²) in [6.45, 7) is 9.64. The highest BCUT2D eigenvalue weighted by molar-refractivity contribution is 5.94. The third-order valence-electron chi connectivity index (χ3n) is 10.9. The van der Waals surface area contributed by atoms with Crippen LogP contribution < -0.4 is 4.74 Å². The van der Waals surface area contributed by atoms with E-state index in [4.69, 9.17) is 19.6 Å². The van der Waals surface area contributed by atoms with Crippen LogP contribution in [0.2, 0.25) is 0 Å². The van der Waals surface area contributed by atoms with Crippen LogP contribution in [-0.2, 0) is 54.1 Å². The largest absolute Gasteiger partial charge is 0.489 e. The first-order valence-electron chi connectivity index (χ1n) is 19.7. The fraction of sp³-hybridized carbons (Fsp3) is 0.250. The third kappa shape index (κ3) is 7.95. The Morgan fingerprint density at radius 3 is 2.28 bits per heavy atom. The molecule has 0 fully saturated rings. The van der Waals surface area contributed by atoms with Crippen molar-refractivity contribution in [3.05, 3.63) is 161 Å². The number of rotatable bonds is 11. The maximum Gasteiger partial charge on any atom is 0.408 e. The van der Waals surface area contributed by atoms with Crippen molar-refractivity contribution < 1.29 is 24.2 Å². The van der Waals surface area contributed by atoms with E-state index in [2.05, 4.69) is 104 Å². The average Bonchev–Trinajstić information content (AvgIpc) is 3.82. The molecule has 2 aromatic heterocycles. The van der Waals surface area contributed by atoms with Gasteiger partial charge in [-0.05, 0) is 75.0 Å². The molecular weight excluding hydrogens is 727 g/mol. The number of aromatic amines is 1.